The Labute approximate surface area is 120 Å². The van der Waals surface area contributed by atoms with E-state index in [0.717, 1.165) is 0 Å². The van der Waals surface area contributed by atoms with E-state index in [1.165, 1.54) is 18.2 Å². The topological polar surface area (TPSA) is 75.7 Å². The summed E-state index contributed by atoms with van der Waals surface area (Å²) in [5.74, 6) is 0. The summed E-state index contributed by atoms with van der Waals surface area (Å²) in [6.07, 6.45) is 0.122. The van der Waals surface area contributed by atoms with Crippen LogP contribution in [0.2, 0.25) is 5.02 Å². The highest BCUT2D eigenvalue weighted by molar-refractivity contribution is 6.30. The van der Waals surface area contributed by atoms with Crippen LogP contribution >= 0.6 is 11.6 Å². The molecular weight excluding hydrogens is 280 g/mol. The van der Waals surface area contributed by atoms with E-state index in [0.29, 0.717) is 21.9 Å². The number of nitrogens with zero attached hydrogens (tertiary/aromatic N) is 2. The maximum absolute atomic E-state index is 11.0. The summed E-state index contributed by atoms with van der Waals surface area (Å²) in [6, 6.07) is 13.3. The van der Waals surface area contributed by atoms with Crippen LogP contribution in [0.25, 0.3) is 0 Å². The molecule has 102 valence electrons. The molecule has 0 saturated carbocycles. The Kier molecular flexibility index (Phi) is 4.32. The van der Waals surface area contributed by atoms with Gasteiger partial charge in [0.1, 0.15) is 0 Å². The molecule has 0 amide bonds. The van der Waals surface area contributed by atoms with E-state index in [2.05, 4.69) is 5.16 Å². The van der Waals surface area contributed by atoms with Crippen molar-refractivity contribution in [2.24, 2.45) is 5.16 Å². The molecule has 0 aliphatic carbocycles. The first kappa shape index (κ1) is 14.0. The average Bonchev–Trinajstić information content (AvgIpc) is 2.45. The van der Waals surface area contributed by atoms with Crippen LogP contribution in [0.15, 0.2) is 53.7 Å². The zero-order valence-electron chi connectivity index (χ0n) is 10.4. The first-order valence-electron chi connectivity index (χ1n) is 5.81. The summed E-state index contributed by atoms with van der Waals surface area (Å²) < 4.78 is 0. The first-order chi connectivity index (χ1) is 9.61. The van der Waals surface area contributed by atoms with E-state index in [1.807, 2.05) is 6.07 Å². The van der Waals surface area contributed by atoms with Gasteiger partial charge in [0, 0.05) is 23.1 Å². The number of rotatable bonds is 4. The van der Waals surface area contributed by atoms with Crippen molar-refractivity contribution < 1.29 is 10.1 Å². The van der Waals surface area contributed by atoms with E-state index in [1.54, 1.807) is 24.3 Å². The van der Waals surface area contributed by atoms with Gasteiger partial charge < -0.3 is 5.21 Å². The molecule has 1 N–H and O–H groups in total. The normalized spacial score (nSPS) is 11.3. The highest BCUT2D eigenvalue weighted by Gasteiger charge is 2.17. The molecule has 0 aromatic heterocycles. The number of hydrogen-bond donors (Lipinski definition) is 1. The van der Waals surface area contributed by atoms with Crippen molar-refractivity contribution in [1.29, 1.82) is 0 Å². The molecule has 2 rings (SSSR count). The Morgan fingerprint density at radius 1 is 1.25 bits per heavy atom. The molecule has 0 bridgehead atoms. The van der Waals surface area contributed by atoms with Crippen molar-refractivity contribution in [2.75, 3.05) is 0 Å². The van der Waals surface area contributed by atoms with Gasteiger partial charge in [0.15, 0.2) is 0 Å². The summed E-state index contributed by atoms with van der Waals surface area (Å²) in [7, 11) is 0. The number of nitro groups is 1. The van der Waals surface area contributed by atoms with Crippen molar-refractivity contribution >= 4 is 23.0 Å². The summed E-state index contributed by atoms with van der Waals surface area (Å²) in [4.78, 5) is 10.5. The molecule has 20 heavy (non-hydrogen) atoms. The maximum Gasteiger partial charge on any atom is 0.273 e. The predicted octanol–water partition coefficient (Wildman–Crippen LogP) is 3.67. The third-order valence-corrected chi connectivity index (χ3v) is 3.06. The summed E-state index contributed by atoms with van der Waals surface area (Å²) in [6.45, 7) is 0. The molecule has 2 aromatic carbocycles. The molecule has 6 heteroatoms. The van der Waals surface area contributed by atoms with Crippen LogP contribution < -0.4 is 0 Å². The van der Waals surface area contributed by atoms with Crippen LogP contribution in [0, 0.1) is 10.1 Å². The second-order valence-corrected chi connectivity index (χ2v) is 4.56. The minimum absolute atomic E-state index is 0.0496. The standard InChI is InChI=1S/C14H11ClN2O3/c15-12-6-7-14(17(19)20)11(8-12)9-13(16-18)10-4-2-1-3-5-10/h1-8,18H,9H2/b16-13+. The van der Waals surface area contributed by atoms with Gasteiger partial charge in [-0.25, -0.2) is 0 Å². The Hall–Kier alpha value is -2.40. The largest absolute Gasteiger partial charge is 0.411 e. The van der Waals surface area contributed by atoms with E-state index < -0.39 is 4.92 Å². The van der Waals surface area contributed by atoms with Crippen LogP contribution in [-0.4, -0.2) is 15.8 Å². The van der Waals surface area contributed by atoms with E-state index in [9.17, 15) is 10.1 Å². The van der Waals surface area contributed by atoms with Gasteiger partial charge >= 0.3 is 0 Å². The molecule has 2 aromatic rings. The van der Waals surface area contributed by atoms with Crippen LogP contribution in [0.1, 0.15) is 11.1 Å². The quantitative estimate of drug-likeness (QED) is 0.404. The molecule has 0 aliphatic heterocycles. The Balaban J connectivity index is 2.38. The number of halogens is 1. The molecule has 0 aliphatic rings. The minimum Gasteiger partial charge on any atom is -0.411 e. The molecule has 0 unspecified atom stereocenters. The summed E-state index contributed by atoms with van der Waals surface area (Å²) in [5.41, 5.74) is 1.39. The lowest BCUT2D eigenvalue weighted by molar-refractivity contribution is -0.385. The molecular formula is C14H11ClN2O3. The van der Waals surface area contributed by atoms with Gasteiger partial charge in [-0.3, -0.25) is 10.1 Å². The van der Waals surface area contributed by atoms with Gasteiger partial charge in [0.05, 0.1) is 10.6 Å². The smallest absolute Gasteiger partial charge is 0.273 e. The van der Waals surface area contributed by atoms with Crippen LogP contribution in [0.5, 0.6) is 0 Å². The molecule has 0 fully saturated rings. The van der Waals surface area contributed by atoms with Crippen molar-refractivity contribution in [3.05, 3.63) is 74.8 Å². The summed E-state index contributed by atoms with van der Waals surface area (Å²) in [5, 5.41) is 23.8. The molecule has 0 atom stereocenters. The van der Waals surface area contributed by atoms with Crippen molar-refractivity contribution in [3.8, 4) is 0 Å². The Bertz CT molecular complexity index is 657. The number of oxime groups is 1. The van der Waals surface area contributed by atoms with Crippen molar-refractivity contribution in [2.45, 2.75) is 6.42 Å². The van der Waals surface area contributed by atoms with Gasteiger partial charge in [-0.2, -0.15) is 0 Å². The van der Waals surface area contributed by atoms with Gasteiger partial charge in [-0.05, 0) is 17.7 Å². The average molecular weight is 291 g/mol. The SMILES string of the molecule is O=[N+]([O-])c1ccc(Cl)cc1C/C(=N\O)c1ccccc1. The predicted molar refractivity (Wildman–Crippen MR) is 76.6 cm³/mol. The third-order valence-electron chi connectivity index (χ3n) is 2.82. The highest BCUT2D eigenvalue weighted by atomic mass is 35.5. The zero-order valence-corrected chi connectivity index (χ0v) is 11.1. The van der Waals surface area contributed by atoms with Crippen LogP contribution in [0.4, 0.5) is 5.69 Å². The van der Waals surface area contributed by atoms with Gasteiger partial charge in [0.2, 0.25) is 0 Å². The Morgan fingerprint density at radius 3 is 2.55 bits per heavy atom. The third kappa shape index (κ3) is 3.13. The van der Waals surface area contributed by atoms with Gasteiger partial charge in [-0.15, -0.1) is 0 Å². The number of benzene rings is 2. The number of hydrogen-bond acceptors (Lipinski definition) is 4. The fourth-order valence-corrected chi connectivity index (χ4v) is 2.07. The van der Waals surface area contributed by atoms with Gasteiger partial charge in [-0.1, -0.05) is 47.1 Å². The van der Waals surface area contributed by atoms with Crippen LogP contribution in [-0.2, 0) is 6.42 Å². The monoisotopic (exact) mass is 290 g/mol. The first-order valence-corrected chi connectivity index (χ1v) is 6.19. The molecule has 0 radical (unpaired) electrons. The lowest BCUT2D eigenvalue weighted by atomic mass is 10.0. The zero-order chi connectivity index (χ0) is 14.5. The molecule has 0 heterocycles. The minimum atomic E-state index is -0.481. The maximum atomic E-state index is 11.0. The van der Waals surface area contributed by atoms with Crippen LogP contribution in [0.3, 0.4) is 0 Å². The van der Waals surface area contributed by atoms with Crippen molar-refractivity contribution in [1.82, 2.24) is 0 Å². The lowest BCUT2D eigenvalue weighted by Crippen LogP contribution is -2.07. The molecule has 0 spiro atoms. The van der Waals surface area contributed by atoms with Gasteiger partial charge in [0.25, 0.3) is 5.69 Å². The second-order valence-electron chi connectivity index (χ2n) is 4.12. The second kappa shape index (κ2) is 6.16. The van der Waals surface area contributed by atoms with Crippen molar-refractivity contribution in [3.63, 3.8) is 0 Å². The lowest BCUT2D eigenvalue weighted by Gasteiger charge is -2.06. The van der Waals surface area contributed by atoms with E-state index in [-0.39, 0.29) is 12.1 Å². The fraction of sp³-hybridized carbons (Fsp3) is 0.0714. The summed E-state index contributed by atoms with van der Waals surface area (Å²) >= 11 is 5.87. The molecule has 0 saturated heterocycles. The fourth-order valence-electron chi connectivity index (χ4n) is 1.88. The van der Waals surface area contributed by atoms with E-state index >= 15 is 0 Å². The highest BCUT2D eigenvalue weighted by Crippen LogP contribution is 2.24. The molecule has 5 nitrogen and oxygen atoms in total. The number of nitro benzene ring substituents is 1. The Morgan fingerprint density at radius 2 is 1.95 bits per heavy atom. The van der Waals surface area contributed by atoms with E-state index in [4.69, 9.17) is 16.8 Å².